The number of hydrogen-bond donors (Lipinski definition) is 0. The molecule has 10 nitrogen and oxygen atoms in total. The summed E-state index contributed by atoms with van der Waals surface area (Å²) in [6, 6.07) is 34.7. The summed E-state index contributed by atoms with van der Waals surface area (Å²) < 4.78 is 81.5. The second-order valence-electron chi connectivity index (χ2n) is 16.2. The van der Waals surface area contributed by atoms with Gasteiger partial charge in [-0.1, -0.05) is 118 Å². The number of carbonyl (C=O) groups is 1. The van der Waals surface area contributed by atoms with Crippen LogP contribution >= 0.6 is 0 Å². The van der Waals surface area contributed by atoms with E-state index in [1.807, 2.05) is 36.4 Å². The standard InChI is InChI=1S/C42H48N2O8S2Si/c1-40(2,3)55(36-20-12-6-13-21-36,37-22-14-7-15-23-37)52-31-33-29-42-32(24-25-43(39(42)45)53(46,47)34-16-8-4-9-17-34)28-41(50-26-27-51-41)30-38(42)44(33)54(48,49)35-18-10-5-11-19-35/h4-23,32-33,38H,24-31H2,1-3H3/t32-,33+,38-,42-/m0/s1. The molecular weight excluding hydrogens is 753 g/mol. The lowest BCUT2D eigenvalue weighted by molar-refractivity contribution is -0.221. The molecule has 4 atom stereocenters. The summed E-state index contributed by atoms with van der Waals surface area (Å²) >= 11 is 0. The van der Waals surface area contributed by atoms with Crippen LogP contribution in [-0.2, 0) is 38.7 Å². The molecule has 3 aliphatic heterocycles. The van der Waals surface area contributed by atoms with Gasteiger partial charge in [0.2, 0.25) is 15.9 Å². The van der Waals surface area contributed by atoms with Crippen LogP contribution in [0.1, 0.15) is 46.5 Å². The summed E-state index contributed by atoms with van der Waals surface area (Å²) in [4.78, 5) is 15.5. The summed E-state index contributed by atoms with van der Waals surface area (Å²) in [7, 11) is -11.7. The number of benzene rings is 4. The molecule has 290 valence electrons. The van der Waals surface area contributed by atoms with Gasteiger partial charge in [0, 0.05) is 31.5 Å². The van der Waals surface area contributed by atoms with Crippen LogP contribution in [0, 0.1) is 11.3 Å². The molecule has 8 rings (SSSR count). The number of amides is 1. The van der Waals surface area contributed by atoms with Crippen LogP contribution in [0.15, 0.2) is 131 Å². The molecule has 0 unspecified atom stereocenters. The maximum absolute atomic E-state index is 15.4. The Hall–Kier alpha value is -3.69. The minimum Gasteiger partial charge on any atom is -0.406 e. The third kappa shape index (κ3) is 6.14. The minimum atomic E-state index is -4.28. The van der Waals surface area contributed by atoms with E-state index in [1.54, 1.807) is 48.5 Å². The number of nitrogens with zero attached hydrogens (tertiary/aromatic N) is 2. The van der Waals surface area contributed by atoms with Gasteiger partial charge in [-0.2, -0.15) is 4.31 Å². The lowest BCUT2D eigenvalue weighted by atomic mass is 9.58. The van der Waals surface area contributed by atoms with Crippen LogP contribution in [0.3, 0.4) is 0 Å². The Morgan fingerprint density at radius 2 is 1.20 bits per heavy atom. The zero-order valence-corrected chi connectivity index (χ0v) is 34.0. The Morgan fingerprint density at radius 1 is 0.709 bits per heavy atom. The van der Waals surface area contributed by atoms with Gasteiger partial charge in [-0.25, -0.2) is 21.1 Å². The number of hydrogen-bond acceptors (Lipinski definition) is 8. The smallest absolute Gasteiger partial charge is 0.266 e. The number of sulfonamides is 2. The van der Waals surface area contributed by atoms with Crippen molar-refractivity contribution in [1.82, 2.24) is 8.61 Å². The summed E-state index contributed by atoms with van der Waals surface area (Å²) in [5.74, 6) is -2.09. The van der Waals surface area contributed by atoms with Gasteiger partial charge < -0.3 is 13.9 Å². The number of carbonyl (C=O) groups excluding carboxylic acids is 1. The van der Waals surface area contributed by atoms with E-state index in [4.69, 9.17) is 13.9 Å². The molecule has 4 aliphatic rings. The fourth-order valence-electron chi connectivity index (χ4n) is 9.99. The highest BCUT2D eigenvalue weighted by molar-refractivity contribution is 7.89. The zero-order valence-electron chi connectivity index (χ0n) is 31.4. The van der Waals surface area contributed by atoms with Gasteiger partial charge in [0.25, 0.3) is 18.3 Å². The topological polar surface area (TPSA) is 120 Å². The molecule has 4 fully saturated rings. The normalized spacial score (nSPS) is 25.8. The van der Waals surface area contributed by atoms with Crippen molar-refractivity contribution in [1.29, 1.82) is 0 Å². The highest BCUT2D eigenvalue weighted by Gasteiger charge is 2.71. The van der Waals surface area contributed by atoms with Gasteiger partial charge in [-0.3, -0.25) is 4.79 Å². The lowest BCUT2D eigenvalue weighted by Crippen LogP contribution is -2.67. The molecule has 0 bridgehead atoms. The van der Waals surface area contributed by atoms with E-state index >= 15 is 13.2 Å². The fraction of sp³-hybridized carbons (Fsp3) is 0.405. The van der Waals surface area contributed by atoms with Gasteiger partial charge in [-0.05, 0) is 58.4 Å². The summed E-state index contributed by atoms with van der Waals surface area (Å²) in [6.45, 7) is 7.14. The molecule has 3 saturated heterocycles. The van der Waals surface area contributed by atoms with Gasteiger partial charge in [-0.15, -0.1) is 0 Å². The first-order valence-electron chi connectivity index (χ1n) is 19.0. The third-order valence-electron chi connectivity index (χ3n) is 12.3. The number of ether oxygens (including phenoxy) is 2. The predicted molar refractivity (Wildman–Crippen MR) is 211 cm³/mol. The van der Waals surface area contributed by atoms with E-state index in [2.05, 4.69) is 45.0 Å². The Kier molecular flexibility index (Phi) is 9.76. The average molecular weight is 801 g/mol. The van der Waals surface area contributed by atoms with Crippen molar-refractivity contribution < 1.29 is 35.5 Å². The molecular formula is C42H48N2O8S2Si. The third-order valence-corrected chi connectivity index (χ3v) is 21.1. The second kappa shape index (κ2) is 14.0. The molecule has 1 amide bonds. The largest absolute Gasteiger partial charge is 0.406 e. The Labute approximate surface area is 325 Å². The van der Waals surface area contributed by atoms with Crippen molar-refractivity contribution >= 4 is 44.6 Å². The number of rotatable bonds is 9. The van der Waals surface area contributed by atoms with Gasteiger partial charge in [0.1, 0.15) is 0 Å². The van der Waals surface area contributed by atoms with E-state index in [-0.39, 0.29) is 35.8 Å². The molecule has 1 saturated carbocycles. The van der Waals surface area contributed by atoms with Crippen LogP contribution < -0.4 is 10.4 Å². The van der Waals surface area contributed by atoms with Crippen molar-refractivity contribution in [3.63, 3.8) is 0 Å². The Bertz CT molecular complexity index is 2190. The van der Waals surface area contributed by atoms with Crippen LogP contribution in [0.4, 0.5) is 0 Å². The first-order chi connectivity index (χ1) is 26.3. The van der Waals surface area contributed by atoms with Crippen molar-refractivity contribution in [2.45, 2.75) is 79.2 Å². The van der Waals surface area contributed by atoms with E-state index in [9.17, 15) is 8.42 Å². The maximum Gasteiger partial charge on any atom is 0.266 e. The van der Waals surface area contributed by atoms with Crippen molar-refractivity contribution in [2.75, 3.05) is 26.4 Å². The molecule has 0 aromatic heterocycles. The van der Waals surface area contributed by atoms with Gasteiger partial charge in [0.15, 0.2) is 5.79 Å². The molecule has 1 aliphatic carbocycles. The Morgan fingerprint density at radius 3 is 1.71 bits per heavy atom. The van der Waals surface area contributed by atoms with Gasteiger partial charge >= 0.3 is 0 Å². The molecule has 13 heteroatoms. The van der Waals surface area contributed by atoms with E-state index in [0.29, 0.717) is 26.1 Å². The van der Waals surface area contributed by atoms with Crippen molar-refractivity contribution in [3.8, 4) is 0 Å². The first kappa shape index (κ1) is 38.2. The summed E-state index contributed by atoms with van der Waals surface area (Å²) in [6.07, 6.45) is 0.860. The summed E-state index contributed by atoms with van der Waals surface area (Å²) in [5, 5.41) is 1.68. The molecule has 4 aromatic rings. The second-order valence-corrected chi connectivity index (χ2v) is 24.2. The van der Waals surface area contributed by atoms with Crippen LogP contribution in [0.5, 0.6) is 0 Å². The SMILES string of the molecule is CC(C)(C)[Si](OC[C@H]1C[C@]23C(=O)N(S(=O)(=O)c4ccccc4)CC[C@H]2CC2(C[C@@H]3N1S(=O)(=O)c1ccccc1)OCCO2)(c1ccccc1)c1ccccc1. The Balaban J connectivity index is 1.30. The quantitative estimate of drug-likeness (QED) is 0.213. The van der Waals surface area contributed by atoms with Crippen LogP contribution in [-0.4, -0.2) is 83.9 Å². The maximum atomic E-state index is 15.4. The number of piperidine rings is 1. The average Bonchev–Trinajstić information content (AvgIpc) is 3.78. The van der Waals surface area contributed by atoms with Crippen LogP contribution in [0.2, 0.25) is 5.04 Å². The van der Waals surface area contributed by atoms with Gasteiger partial charge in [0.05, 0.1) is 35.0 Å². The van der Waals surface area contributed by atoms with E-state index in [1.165, 1.54) is 16.4 Å². The highest BCUT2D eigenvalue weighted by Crippen LogP contribution is 2.61. The van der Waals surface area contributed by atoms with E-state index < -0.39 is 68.5 Å². The molecule has 0 N–H and O–H groups in total. The molecule has 0 radical (unpaired) electrons. The molecule has 4 aromatic carbocycles. The fourth-order valence-corrected chi connectivity index (χ4v) is 17.9. The highest BCUT2D eigenvalue weighted by atomic mass is 32.2. The lowest BCUT2D eigenvalue weighted by Gasteiger charge is -2.54. The monoisotopic (exact) mass is 800 g/mol. The first-order valence-corrected chi connectivity index (χ1v) is 23.8. The predicted octanol–water partition coefficient (Wildman–Crippen LogP) is 5.16. The molecule has 3 heterocycles. The molecule has 55 heavy (non-hydrogen) atoms. The minimum absolute atomic E-state index is 0.0161. The van der Waals surface area contributed by atoms with Crippen molar-refractivity contribution in [3.05, 3.63) is 121 Å². The van der Waals surface area contributed by atoms with E-state index in [0.717, 1.165) is 14.7 Å². The van der Waals surface area contributed by atoms with Crippen molar-refractivity contribution in [2.24, 2.45) is 11.3 Å². The zero-order chi connectivity index (χ0) is 38.7. The molecule has 2 spiro atoms. The summed E-state index contributed by atoms with van der Waals surface area (Å²) in [5.41, 5.74) is -1.39. The van der Waals surface area contributed by atoms with Crippen LogP contribution in [0.25, 0.3) is 0 Å².